The van der Waals surface area contributed by atoms with Gasteiger partial charge in [-0.3, -0.25) is 4.79 Å². The van der Waals surface area contributed by atoms with Gasteiger partial charge in [-0.25, -0.2) is 4.79 Å². The standard InChI is InChI=1S/C14H19ClN2O3S/c1-17(8-10-5-6-12(15)21-10)14(20)16-7-9-3-2-4-11(9)13(18)19/h5-6,9,11H,2-4,7-8H2,1H3,(H,16,20)(H,18,19). The Morgan fingerprint density at radius 2 is 2.24 bits per heavy atom. The smallest absolute Gasteiger partial charge is 0.317 e. The molecule has 0 spiro atoms. The summed E-state index contributed by atoms with van der Waals surface area (Å²) in [5.41, 5.74) is 0. The molecular formula is C14H19ClN2O3S. The maximum absolute atomic E-state index is 12.0. The number of hydrogen-bond donors (Lipinski definition) is 2. The third-order valence-electron chi connectivity index (χ3n) is 3.86. The lowest BCUT2D eigenvalue weighted by molar-refractivity contribution is -0.142. The van der Waals surface area contributed by atoms with Crippen molar-refractivity contribution in [3.8, 4) is 0 Å². The van der Waals surface area contributed by atoms with E-state index in [-0.39, 0.29) is 17.9 Å². The van der Waals surface area contributed by atoms with Crippen LogP contribution in [0.1, 0.15) is 24.1 Å². The molecule has 0 bridgehead atoms. The molecule has 1 heterocycles. The van der Waals surface area contributed by atoms with Gasteiger partial charge >= 0.3 is 12.0 Å². The Balaban J connectivity index is 1.79. The summed E-state index contributed by atoms with van der Waals surface area (Å²) in [5, 5.41) is 12.0. The van der Waals surface area contributed by atoms with Crippen LogP contribution in [0.25, 0.3) is 0 Å². The van der Waals surface area contributed by atoms with Crippen LogP contribution in [0.5, 0.6) is 0 Å². The SMILES string of the molecule is CN(Cc1ccc(Cl)s1)C(=O)NCC1CCCC1C(=O)O. The molecule has 116 valence electrons. The topological polar surface area (TPSA) is 69.6 Å². The van der Waals surface area contributed by atoms with Gasteiger partial charge in [0.25, 0.3) is 0 Å². The van der Waals surface area contributed by atoms with Crippen molar-refractivity contribution in [2.24, 2.45) is 11.8 Å². The van der Waals surface area contributed by atoms with Crippen LogP contribution >= 0.6 is 22.9 Å². The minimum absolute atomic E-state index is 0.0380. The minimum atomic E-state index is -0.756. The van der Waals surface area contributed by atoms with Gasteiger partial charge in [0.05, 0.1) is 16.8 Å². The van der Waals surface area contributed by atoms with Crippen molar-refractivity contribution < 1.29 is 14.7 Å². The summed E-state index contributed by atoms with van der Waals surface area (Å²) in [5.74, 6) is -1.05. The van der Waals surface area contributed by atoms with E-state index < -0.39 is 5.97 Å². The van der Waals surface area contributed by atoms with E-state index in [1.165, 1.54) is 11.3 Å². The van der Waals surface area contributed by atoms with Gasteiger partial charge < -0.3 is 15.3 Å². The lowest BCUT2D eigenvalue weighted by Gasteiger charge is -2.20. The Bertz CT molecular complexity index is 520. The molecule has 2 atom stereocenters. The zero-order chi connectivity index (χ0) is 15.4. The molecule has 2 unspecified atom stereocenters. The van der Waals surface area contributed by atoms with Crippen LogP contribution in [0.3, 0.4) is 0 Å². The van der Waals surface area contributed by atoms with Gasteiger partial charge in [0, 0.05) is 18.5 Å². The van der Waals surface area contributed by atoms with Gasteiger partial charge in [-0.15, -0.1) is 11.3 Å². The van der Waals surface area contributed by atoms with E-state index in [1.807, 2.05) is 12.1 Å². The number of carbonyl (C=O) groups is 2. The Hall–Kier alpha value is -1.27. The molecule has 5 nitrogen and oxygen atoms in total. The highest BCUT2D eigenvalue weighted by Gasteiger charge is 2.33. The molecule has 1 fully saturated rings. The molecule has 2 N–H and O–H groups in total. The van der Waals surface area contributed by atoms with Crippen LogP contribution in [0.2, 0.25) is 4.34 Å². The maximum atomic E-state index is 12.0. The summed E-state index contributed by atoms with van der Waals surface area (Å²) in [6.07, 6.45) is 2.49. The largest absolute Gasteiger partial charge is 0.481 e. The molecule has 0 aromatic carbocycles. The minimum Gasteiger partial charge on any atom is -0.481 e. The molecule has 1 saturated carbocycles. The number of urea groups is 1. The molecule has 2 amide bonds. The first-order chi connectivity index (χ1) is 9.97. The van der Waals surface area contributed by atoms with E-state index in [4.69, 9.17) is 16.7 Å². The van der Waals surface area contributed by atoms with E-state index in [0.29, 0.717) is 23.8 Å². The second-order valence-electron chi connectivity index (χ2n) is 5.38. The zero-order valence-electron chi connectivity index (χ0n) is 11.8. The highest BCUT2D eigenvalue weighted by Crippen LogP contribution is 2.31. The maximum Gasteiger partial charge on any atom is 0.317 e. The number of carboxylic acids is 1. The van der Waals surface area contributed by atoms with Crippen molar-refractivity contribution >= 4 is 34.9 Å². The second-order valence-corrected chi connectivity index (χ2v) is 7.18. The van der Waals surface area contributed by atoms with Crippen molar-refractivity contribution in [2.45, 2.75) is 25.8 Å². The highest BCUT2D eigenvalue weighted by atomic mass is 35.5. The van der Waals surface area contributed by atoms with Crippen LogP contribution < -0.4 is 5.32 Å². The fourth-order valence-corrected chi connectivity index (χ4v) is 3.84. The number of rotatable bonds is 5. The number of carboxylic acid groups (broad SMARTS) is 1. The van der Waals surface area contributed by atoms with Gasteiger partial charge in [0.15, 0.2) is 0 Å². The number of nitrogens with zero attached hydrogens (tertiary/aromatic N) is 1. The quantitative estimate of drug-likeness (QED) is 0.871. The number of hydrogen-bond acceptors (Lipinski definition) is 3. The first kappa shape index (κ1) is 16.1. The molecule has 21 heavy (non-hydrogen) atoms. The highest BCUT2D eigenvalue weighted by molar-refractivity contribution is 7.16. The van der Waals surface area contributed by atoms with Crippen molar-refractivity contribution in [3.63, 3.8) is 0 Å². The fourth-order valence-electron chi connectivity index (χ4n) is 2.70. The van der Waals surface area contributed by atoms with Crippen molar-refractivity contribution in [1.82, 2.24) is 10.2 Å². The Morgan fingerprint density at radius 1 is 1.48 bits per heavy atom. The average molecular weight is 331 g/mol. The van der Waals surface area contributed by atoms with E-state index in [0.717, 1.165) is 17.7 Å². The average Bonchev–Trinajstić information content (AvgIpc) is 3.04. The molecular weight excluding hydrogens is 312 g/mol. The first-order valence-electron chi connectivity index (χ1n) is 6.93. The first-order valence-corrected chi connectivity index (χ1v) is 8.13. The van der Waals surface area contributed by atoms with Crippen LogP contribution in [0.15, 0.2) is 12.1 Å². The third kappa shape index (κ3) is 4.35. The Labute approximate surface area is 132 Å². The lowest BCUT2D eigenvalue weighted by Crippen LogP contribution is -2.40. The number of thiophene rings is 1. The van der Waals surface area contributed by atoms with Gasteiger partial charge in [-0.1, -0.05) is 18.0 Å². The predicted octanol–water partition coefficient (Wildman–Crippen LogP) is 3.04. The summed E-state index contributed by atoms with van der Waals surface area (Å²) < 4.78 is 0.703. The molecule has 0 aliphatic heterocycles. The third-order valence-corrected chi connectivity index (χ3v) is 5.08. The number of halogens is 1. The lowest BCUT2D eigenvalue weighted by atomic mass is 9.96. The van der Waals surface area contributed by atoms with Gasteiger partial charge in [-0.2, -0.15) is 0 Å². The van der Waals surface area contributed by atoms with E-state index in [9.17, 15) is 9.59 Å². The summed E-state index contributed by atoms with van der Waals surface area (Å²) in [7, 11) is 1.71. The van der Waals surface area contributed by atoms with Crippen molar-refractivity contribution in [1.29, 1.82) is 0 Å². The summed E-state index contributed by atoms with van der Waals surface area (Å²) in [6, 6.07) is 3.52. The number of nitrogens with one attached hydrogen (secondary N) is 1. The van der Waals surface area contributed by atoms with Crippen LogP contribution in [-0.2, 0) is 11.3 Å². The molecule has 1 aliphatic rings. The summed E-state index contributed by atoms with van der Waals surface area (Å²) in [4.78, 5) is 25.7. The number of carbonyl (C=O) groups excluding carboxylic acids is 1. The van der Waals surface area contributed by atoms with E-state index in [2.05, 4.69) is 5.32 Å². The molecule has 1 aromatic rings. The van der Waals surface area contributed by atoms with Gasteiger partial charge in [0.1, 0.15) is 0 Å². The van der Waals surface area contributed by atoms with Crippen molar-refractivity contribution in [3.05, 3.63) is 21.3 Å². The molecule has 1 aromatic heterocycles. The molecule has 0 saturated heterocycles. The zero-order valence-corrected chi connectivity index (χ0v) is 13.4. The monoisotopic (exact) mass is 330 g/mol. The predicted molar refractivity (Wildman–Crippen MR) is 82.7 cm³/mol. The summed E-state index contributed by atoms with van der Waals surface area (Å²) in [6.45, 7) is 0.918. The Kier molecular flexibility index (Phi) is 5.47. The van der Waals surface area contributed by atoms with Gasteiger partial charge in [-0.05, 0) is 30.9 Å². The van der Waals surface area contributed by atoms with Crippen LogP contribution in [-0.4, -0.2) is 35.6 Å². The Morgan fingerprint density at radius 3 is 2.86 bits per heavy atom. The number of aliphatic carboxylic acids is 1. The van der Waals surface area contributed by atoms with Gasteiger partial charge in [0.2, 0.25) is 0 Å². The van der Waals surface area contributed by atoms with Crippen molar-refractivity contribution in [2.75, 3.05) is 13.6 Å². The van der Waals surface area contributed by atoms with Crippen LogP contribution in [0, 0.1) is 11.8 Å². The van der Waals surface area contributed by atoms with E-state index in [1.54, 1.807) is 11.9 Å². The number of amides is 2. The normalized spacial score (nSPS) is 21.2. The fraction of sp³-hybridized carbons (Fsp3) is 0.571. The second kappa shape index (κ2) is 7.13. The molecule has 0 radical (unpaired) electrons. The molecule has 1 aliphatic carbocycles. The van der Waals surface area contributed by atoms with Crippen LogP contribution in [0.4, 0.5) is 4.79 Å². The molecule has 2 rings (SSSR count). The molecule has 7 heteroatoms. The van der Waals surface area contributed by atoms with E-state index >= 15 is 0 Å². The summed E-state index contributed by atoms with van der Waals surface area (Å²) >= 11 is 7.31.